The zero-order chi connectivity index (χ0) is 18.1. The summed E-state index contributed by atoms with van der Waals surface area (Å²) in [6.45, 7) is 13.1. The predicted molar refractivity (Wildman–Crippen MR) is 89.0 cm³/mol. The Morgan fingerprint density at radius 2 is 1.67 bits per heavy atom. The lowest BCUT2D eigenvalue weighted by Crippen LogP contribution is -2.51. The smallest absolute Gasteiger partial charge is 0.410 e. The molecule has 0 bridgehead atoms. The highest BCUT2D eigenvalue weighted by molar-refractivity contribution is 5.96. The first kappa shape index (κ1) is 18.3. The number of ether oxygens (including phenoxy) is 1. The molecule has 7 heteroatoms. The van der Waals surface area contributed by atoms with Crippen LogP contribution in [-0.4, -0.2) is 58.7 Å². The van der Waals surface area contributed by atoms with Crippen molar-refractivity contribution in [2.24, 2.45) is 0 Å². The van der Waals surface area contributed by atoms with Gasteiger partial charge in [0.2, 0.25) is 0 Å². The van der Waals surface area contributed by atoms with Crippen molar-refractivity contribution in [2.45, 2.75) is 53.1 Å². The van der Waals surface area contributed by atoms with Gasteiger partial charge in [0.05, 0.1) is 5.69 Å². The standard InChI is InChI=1S/C17H27N3O4/c1-11(2)14-13(12(3)18-24-14)15(21)19-7-9-20(10-8-19)16(22)23-17(4,5)6/h11H,7-10H2,1-6H3. The first-order valence-electron chi connectivity index (χ1n) is 8.33. The van der Waals surface area contributed by atoms with Gasteiger partial charge in [-0.15, -0.1) is 0 Å². The Balaban J connectivity index is 2.01. The molecule has 1 fully saturated rings. The number of rotatable bonds is 2. The van der Waals surface area contributed by atoms with Gasteiger partial charge in [0, 0.05) is 32.1 Å². The van der Waals surface area contributed by atoms with E-state index in [-0.39, 0.29) is 17.9 Å². The number of aromatic nitrogens is 1. The molecule has 1 aromatic rings. The normalized spacial score (nSPS) is 15.8. The molecule has 0 atom stereocenters. The van der Waals surface area contributed by atoms with Gasteiger partial charge in [-0.1, -0.05) is 19.0 Å². The van der Waals surface area contributed by atoms with Crippen LogP contribution < -0.4 is 0 Å². The lowest BCUT2D eigenvalue weighted by atomic mass is 10.0. The van der Waals surface area contributed by atoms with Crippen molar-refractivity contribution < 1.29 is 18.8 Å². The van der Waals surface area contributed by atoms with E-state index in [0.717, 1.165) is 0 Å². The minimum absolute atomic E-state index is 0.0821. The number of amides is 2. The summed E-state index contributed by atoms with van der Waals surface area (Å²) in [5.41, 5.74) is 0.643. The molecule has 0 N–H and O–H groups in total. The van der Waals surface area contributed by atoms with E-state index in [0.29, 0.717) is 43.2 Å². The van der Waals surface area contributed by atoms with Crippen molar-refractivity contribution >= 4 is 12.0 Å². The van der Waals surface area contributed by atoms with E-state index in [9.17, 15) is 9.59 Å². The van der Waals surface area contributed by atoms with Crippen LogP contribution in [0.1, 0.15) is 62.3 Å². The monoisotopic (exact) mass is 337 g/mol. The van der Waals surface area contributed by atoms with Crippen molar-refractivity contribution in [3.8, 4) is 0 Å². The minimum Gasteiger partial charge on any atom is -0.444 e. The van der Waals surface area contributed by atoms with Gasteiger partial charge in [-0.05, 0) is 27.7 Å². The lowest BCUT2D eigenvalue weighted by Gasteiger charge is -2.35. The van der Waals surface area contributed by atoms with E-state index in [1.54, 1.807) is 16.7 Å². The SMILES string of the molecule is Cc1noc(C(C)C)c1C(=O)N1CCN(C(=O)OC(C)(C)C)CC1. The second-order valence-electron chi connectivity index (χ2n) is 7.42. The molecule has 1 saturated heterocycles. The largest absolute Gasteiger partial charge is 0.444 e. The van der Waals surface area contributed by atoms with Gasteiger partial charge in [-0.25, -0.2) is 4.79 Å². The maximum atomic E-state index is 12.8. The molecular weight excluding hydrogens is 310 g/mol. The summed E-state index contributed by atoms with van der Waals surface area (Å²) in [6.07, 6.45) is -0.335. The van der Waals surface area contributed by atoms with Crippen LogP contribution in [-0.2, 0) is 4.74 Å². The molecule has 0 saturated carbocycles. The van der Waals surface area contributed by atoms with Crippen LogP contribution in [0.25, 0.3) is 0 Å². The van der Waals surface area contributed by atoms with Crippen LogP contribution in [0.2, 0.25) is 0 Å². The molecule has 7 nitrogen and oxygen atoms in total. The molecule has 0 spiro atoms. The van der Waals surface area contributed by atoms with E-state index >= 15 is 0 Å². The van der Waals surface area contributed by atoms with Gasteiger partial charge in [-0.3, -0.25) is 4.79 Å². The topological polar surface area (TPSA) is 75.9 Å². The van der Waals surface area contributed by atoms with E-state index in [2.05, 4.69) is 5.16 Å². The number of hydrogen-bond acceptors (Lipinski definition) is 5. The lowest BCUT2D eigenvalue weighted by molar-refractivity contribution is 0.0140. The molecule has 2 rings (SSSR count). The second kappa shape index (κ2) is 6.83. The fourth-order valence-corrected chi connectivity index (χ4v) is 2.62. The average molecular weight is 337 g/mol. The molecule has 134 valence electrons. The summed E-state index contributed by atoms with van der Waals surface area (Å²) in [5, 5.41) is 3.93. The summed E-state index contributed by atoms with van der Waals surface area (Å²) in [7, 11) is 0. The molecule has 1 aliphatic heterocycles. The van der Waals surface area contributed by atoms with Gasteiger partial charge >= 0.3 is 6.09 Å². The van der Waals surface area contributed by atoms with Crippen molar-refractivity contribution in [2.75, 3.05) is 26.2 Å². The molecule has 2 amide bonds. The van der Waals surface area contributed by atoms with Crippen LogP contribution in [0.4, 0.5) is 4.79 Å². The summed E-state index contributed by atoms with van der Waals surface area (Å²) in [4.78, 5) is 28.3. The van der Waals surface area contributed by atoms with Crippen LogP contribution >= 0.6 is 0 Å². The molecule has 24 heavy (non-hydrogen) atoms. The molecule has 2 heterocycles. The van der Waals surface area contributed by atoms with Gasteiger partial charge in [0.15, 0.2) is 5.76 Å². The number of hydrogen-bond donors (Lipinski definition) is 0. The van der Waals surface area contributed by atoms with Crippen molar-refractivity contribution in [3.05, 3.63) is 17.0 Å². The van der Waals surface area contributed by atoms with Gasteiger partial charge < -0.3 is 19.1 Å². The Morgan fingerprint density at radius 3 is 2.17 bits per heavy atom. The molecule has 0 aliphatic carbocycles. The van der Waals surface area contributed by atoms with Crippen LogP contribution in [0.5, 0.6) is 0 Å². The number of piperazine rings is 1. The third-order valence-electron chi connectivity index (χ3n) is 3.85. The Labute approximate surface area is 142 Å². The Hall–Kier alpha value is -2.05. The van der Waals surface area contributed by atoms with Gasteiger partial charge in [-0.2, -0.15) is 0 Å². The average Bonchev–Trinajstić information content (AvgIpc) is 2.87. The molecule has 0 radical (unpaired) electrons. The highest BCUT2D eigenvalue weighted by Crippen LogP contribution is 2.24. The zero-order valence-electron chi connectivity index (χ0n) is 15.4. The van der Waals surface area contributed by atoms with Crippen molar-refractivity contribution in [1.82, 2.24) is 15.0 Å². The summed E-state index contributed by atoms with van der Waals surface area (Å²) in [6, 6.07) is 0. The fraction of sp³-hybridized carbons (Fsp3) is 0.706. The first-order valence-corrected chi connectivity index (χ1v) is 8.33. The molecular formula is C17H27N3O4. The van der Waals surface area contributed by atoms with E-state index in [4.69, 9.17) is 9.26 Å². The molecule has 1 aliphatic rings. The van der Waals surface area contributed by atoms with Crippen LogP contribution in [0, 0.1) is 6.92 Å². The van der Waals surface area contributed by atoms with Gasteiger partial charge in [0.1, 0.15) is 11.2 Å². The molecule has 1 aromatic heterocycles. The number of aryl methyl sites for hydroxylation is 1. The molecule has 0 aromatic carbocycles. The number of nitrogens with zero attached hydrogens (tertiary/aromatic N) is 3. The van der Waals surface area contributed by atoms with Crippen molar-refractivity contribution in [3.63, 3.8) is 0 Å². The zero-order valence-corrected chi connectivity index (χ0v) is 15.4. The first-order chi connectivity index (χ1) is 11.1. The highest BCUT2D eigenvalue weighted by atomic mass is 16.6. The third kappa shape index (κ3) is 4.07. The minimum atomic E-state index is -0.518. The number of carbonyl (C=O) groups is 2. The quantitative estimate of drug-likeness (QED) is 0.829. The van der Waals surface area contributed by atoms with Crippen LogP contribution in [0.3, 0.4) is 0 Å². The third-order valence-corrected chi connectivity index (χ3v) is 3.85. The van der Waals surface area contributed by atoms with E-state index < -0.39 is 5.60 Å². The maximum absolute atomic E-state index is 12.8. The van der Waals surface area contributed by atoms with Crippen molar-refractivity contribution in [1.29, 1.82) is 0 Å². The number of carbonyl (C=O) groups excluding carboxylic acids is 2. The van der Waals surface area contributed by atoms with Gasteiger partial charge in [0.25, 0.3) is 5.91 Å². The molecule has 0 unspecified atom stereocenters. The summed E-state index contributed by atoms with van der Waals surface area (Å²) < 4.78 is 10.7. The fourth-order valence-electron chi connectivity index (χ4n) is 2.62. The Kier molecular flexibility index (Phi) is 5.20. The van der Waals surface area contributed by atoms with E-state index in [1.165, 1.54) is 0 Å². The Morgan fingerprint density at radius 1 is 1.12 bits per heavy atom. The Bertz CT molecular complexity index is 608. The highest BCUT2D eigenvalue weighted by Gasteiger charge is 2.31. The summed E-state index contributed by atoms with van der Waals surface area (Å²) in [5.74, 6) is 0.626. The second-order valence-corrected chi connectivity index (χ2v) is 7.42. The predicted octanol–water partition coefficient (Wildman–Crippen LogP) is 2.80. The van der Waals surface area contributed by atoms with E-state index in [1.807, 2.05) is 34.6 Å². The maximum Gasteiger partial charge on any atom is 0.410 e. The summed E-state index contributed by atoms with van der Waals surface area (Å²) >= 11 is 0. The van der Waals surface area contributed by atoms with Crippen LogP contribution in [0.15, 0.2) is 4.52 Å².